The van der Waals surface area contributed by atoms with Crippen molar-refractivity contribution >= 4 is 9.84 Å². The molecule has 0 fully saturated rings. The van der Waals surface area contributed by atoms with E-state index in [0.29, 0.717) is 10.5 Å². The molecule has 2 atom stereocenters. The minimum Gasteiger partial charge on any atom is -0.308 e. The van der Waals surface area contributed by atoms with Gasteiger partial charge in [0.05, 0.1) is 17.2 Å². The van der Waals surface area contributed by atoms with Gasteiger partial charge in [-0.1, -0.05) is 25.1 Å². The number of alkyl halides is 3. The van der Waals surface area contributed by atoms with Crippen molar-refractivity contribution in [2.24, 2.45) is 5.92 Å². The number of benzene rings is 1. The highest BCUT2D eigenvalue weighted by Crippen LogP contribution is 2.38. The first-order valence-corrected chi connectivity index (χ1v) is 7.95. The maximum Gasteiger partial charge on any atom is 0.401 e. The smallest absolute Gasteiger partial charge is 0.308 e. The lowest BCUT2D eigenvalue weighted by Gasteiger charge is -2.20. The Kier molecular flexibility index (Phi) is 4.11. The lowest BCUT2D eigenvalue weighted by molar-refractivity contribution is -0.125. The Hall–Kier alpha value is -1.08. The fraction of sp³-hybridized carbons (Fsp3) is 0.538. The molecule has 0 bridgehead atoms. The molecule has 0 saturated heterocycles. The van der Waals surface area contributed by atoms with Crippen LogP contribution in [0, 0.1) is 5.92 Å². The summed E-state index contributed by atoms with van der Waals surface area (Å²) >= 11 is 0. The van der Waals surface area contributed by atoms with Gasteiger partial charge in [-0.25, -0.2) is 8.42 Å². The number of fused-ring (bicyclic) bond motifs is 1. The molecule has 7 heteroatoms. The largest absolute Gasteiger partial charge is 0.401 e. The molecule has 1 heterocycles. The molecule has 0 spiro atoms. The van der Waals surface area contributed by atoms with Gasteiger partial charge in [-0.3, -0.25) is 0 Å². The van der Waals surface area contributed by atoms with Crippen LogP contribution in [0.1, 0.15) is 18.4 Å². The number of hydrogen-bond donors (Lipinski definition) is 1. The molecule has 112 valence electrons. The average Bonchev–Trinajstić information content (AvgIpc) is 2.61. The normalized spacial score (nSPS) is 22.5. The number of sulfone groups is 1. The van der Waals surface area contributed by atoms with E-state index in [1.165, 1.54) is 0 Å². The molecule has 3 nitrogen and oxygen atoms in total. The Balaban J connectivity index is 2.08. The highest BCUT2D eigenvalue weighted by molar-refractivity contribution is 7.91. The molecule has 1 aliphatic rings. The molecule has 2 rings (SSSR count). The number of rotatable bonds is 4. The van der Waals surface area contributed by atoms with Crippen molar-refractivity contribution in [3.63, 3.8) is 0 Å². The fourth-order valence-corrected chi connectivity index (χ4v) is 4.57. The van der Waals surface area contributed by atoms with Crippen LogP contribution in [0.3, 0.4) is 0 Å². The lowest BCUT2D eigenvalue weighted by atomic mass is 9.89. The second-order valence-electron chi connectivity index (χ2n) is 5.15. The summed E-state index contributed by atoms with van der Waals surface area (Å²) < 4.78 is 60.3. The number of nitrogens with one attached hydrogen (secondary N) is 1. The quantitative estimate of drug-likeness (QED) is 0.929. The van der Waals surface area contributed by atoms with Gasteiger partial charge in [0.25, 0.3) is 0 Å². The lowest BCUT2D eigenvalue weighted by Crippen LogP contribution is -2.33. The van der Waals surface area contributed by atoms with Crippen molar-refractivity contribution in [1.82, 2.24) is 5.32 Å². The summed E-state index contributed by atoms with van der Waals surface area (Å²) in [6, 6.07) is 6.71. The summed E-state index contributed by atoms with van der Waals surface area (Å²) in [6.45, 7) is 0.845. The first-order valence-electron chi connectivity index (χ1n) is 6.30. The highest BCUT2D eigenvalue weighted by atomic mass is 32.2. The Morgan fingerprint density at radius 1 is 1.35 bits per heavy atom. The Morgan fingerprint density at radius 2 is 2.00 bits per heavy atom. The van der Waals surface area contributed by atoms with Crippen LogP contribution in [0.15, 0.2) is 29.2 Å². The highest BCUT2D eigenvalue weighted by Gasteiger charge is 2.37. The van der Waals surface area contributed by atoms with Crippen LogP contribution in [0.4, 0.5) is 13.2 Å². The molecule has 1 aliphatic heterocycles. The first-order chi connectivity index (χ1) is 9.21. The van der Waals surface area contributed by atoms with Crippen LogP contribution in [-0.2, 0) is 9.84 Å². The summed E-state index contributed by atoms with van der Waals surface area (Å²) in [4.78, 5) is 0.313. The zero-order valence-corrected chi connectivity index (χ0v) is 11.8. The van der Waals surface area contributed by atoms with Crippen LogP contribution in [0.25, 0.3) is 0 Å². The molecule has 1 aromatic carbocycles. The van der Waals surface area contributed by atoms with Gasteiger partial charge >= 0.3 is 6.18 Å². The van der Waals surface area contributed by atoms with Gasteiger partial charge in [0.1, 0.15) is 0 Å². The summed E-state index contributed by atoms with van der Waals surface area (Å²) in [5.41, 5.74) is 0.716. The molecular formula is C13H16F3NO2S. The topological polar surface area (TPSA) is 46.2 Å². The van der Waals surface area contributed by atoms with E-state index in [1.54, 1.807) is 31.2 Å². The second-order valence-corrected chi connectivity index (χ2v) is 7.15. The molecular weight excluding hydrogens is 291 g/mol. The average molecular weight is 307 g/mol. The monoisotopic (exact) mass is 307 g/mol. The van der Waals surface area contributed by atoms with E-state index in [-0.39, 0.29) is 24.1 Å². The number of hydrogen-bond acceptors (Lipinski definition) is 3. The molecule has 0 aliphatic carbocycles. The first kappa shape index (κ1) is 15.3. The van der Waals surface area contributed by atoms with Crippen molar-refractivity contribution in [3.05, 3.63) is 29.8 Å². The molecule has 1 N–H and O–H groups in total. The zero-order valence-electron chi connectivity index (χ0n) is 10.9. The van der Waals surface area contributed by atoms with E-state index in [9.17, 15) is 21.6 Å². The van der Waals surface area contributed by atoms with Crippen LogP contribution in [-0.4, -0.2) is 33.4 Å². The maximum atomic E-state index is 12.1. The summed E-state index contributed by atoms with van der Waals surface area (Å²) in [6.07, 6.45) is -4.25. The van der Waals surface area contributed by atoms with Crippen LogP contribution < -0.4 is 5.32 Å². The molecule has 2 unspecified atom stereocenters. The maximum absolute atomic E-state index is 12.1. The Morgan fingerprint density at radius 3 is 2.65 bits per heavy atom. The Bertz CT molecular complexity index is 584. The molecule has 0 radical (unpaired) electrons. The van der Waals surface area contributed by atoms with Crippen molar-refractivity contribution in [1.29, 1.82) is 0 Å². The predicted octanol–water partition coefficient (Wildman–Crippen LogP) is 2.35. The zero-order chi connectivity index (χ0) is 15.0. The third kappa shape index (κ3) is 3.32. The molecule has 0 amide bonds. The van der Waals surface area contributed by atoms with E-state index in [0.717, 1.165) is 0 Å². The minimum absolute atomic E-state index is 0.0266. The van der Waals surface area contributed by atoms with E-state index < -0.39 is 22.6 Å². The van der Waals surface area contributed by atoms with Crippen molar-refractivity contribution in [3.8, 4) is 0 Å². The van der Waals surface area contributed by atoms with Gasteiger partial charge in [0.2, 0.25) is 0 Å². The minimum atomic E-state index is -4.25. The van der Waals surface area contributed by atoms with Crippen molar-refractivity contribution < 1.29 is 21.6 Å². The van der Waals surface area contributed by atoms with Gasteiger partial charge < -0.3 is 5.32 Å². The Labute approximate surface area is 116 Å². The molecule has 0 saturated carbocycles. The fourth-order valence-electron chi connectivity index (χ4n) is 2.54. The third-order valence-corrected chi connectivity index (χ3v) is 5.37. The van der Waals surface area contributed by atoms with Gasteiger partial charge in [-0.05, 0) is 24.1 Å². The van der Waals surface area contributed by atoms with E-state index in [1.807, 2.05) is 0 Å². The van der Waals surface area contributed by atoms with Crippen LogP contribution in [0.5, 0.6) is 0 Å². The molecule has 1 aromatic rings. The van der Waals surface area contributed by atoms with E-state index in [4.69, 9.17) is 0 Å². The summed E-state index contributed by atoms with van der Waals surface area (Å²) in [7, 11) is -3.30. The second kappa shape index (κ2) is 5.37. The van der Waals surface area contributed by atoms with Gasteiger partial charge in [-0.2, -0.15) is 13.2 Å². The van der Waals surface area contributed by atoms with E-state index in [2.05, 4.69) is 5.32 Å². The standard InChI is InChI=1S/C13H16F3NO2S/c1-9(6-17-8-13(14,15)16)11-7-20(18,19)12-5-3-2-4-10(11)12/h2-5,9,11,17H,6-8H2,1H3. The predicted molar refractivity (Wildman–Crippen MR) is 69.3 cm³/mol. The van der Waals surface area contributed by atoms with Crippen molar-refractivity contribution in [2.45, 2.75) is 23.9 Å². The van der Waals surface area contributed by atoms with Gasteiger partial charge in [-0.15, -0.1) is 0 Å². The van der Waals surface area contributed by atoms with Crippen LogP contribution >= 0.6 is 0 Å². The third-order valence-electron chi connectivity index (χ3n) is 3.53. The van der Waals surface area contributed by atoms with Crippen LogP contribution in [0.2, 0.25) is 0 Å². The van der Waals surface area contributed by atoms with Gasteiger partial charge in [0.15, 0.2) is 9.84 Å². The summed E-state index contributed by atoms with van der Waals surface area (Å²) in [5.74, 6) is -0.464. The van der Waals surface area contributed by atoms with E-state index >= 15 is 0 Å². The molecule has 0 aromatic heterocycles. The van der Waals surface area contributed by atoms with Crippen molar-refractivity contribution in [2.75, 3.05) is 18.8 Å². The SMILES string of the molecule is CC(CNCC(F)(F)F)C1CS(=O)(=O)c2ccccc21. The summed E-state index contributed by atoms with van der Waals surface area (Å²) in [5, 5.41) is 2.34. The molecule has 20 heavy (non-hydrogen) atoms. The number of halogens is 3. The van der Waals surface area contributed by atoms with Gasteiger partial charge in [0, 0.05) is 5.92 Å².